The first-order valence-electron chi connectivity index (χ1n) is 7.15. The van der Waals surface area contributed by atoms with Crippen LogP contribution in [0.4, 0.5) is 0 Å². The van der Waals surface area contributed by atoms with Crippen molar-refractivity contribution in [1.29, 1.82) is 0 Å². The predicted octanol–water partition coefficient (Wildman–Crippen LogP) is 1.93. The largest absolute Gasteiger partial charge is 0.361 e. The second kappa shape index (κ2) is 6.41. The van der Waals surface area contributed by atoms with Crippen molar-refractivity contribution < 1.29 is 9.32 Å². The summed E-state index contributed by atoms with van der Waals surface area (Å²) in [4.78, 5) is 17.6. The van der Waals surface area contributed by atoms with Crippen LogP contribution >= 0.6 is 11.3 Å². The van der Waals surface area contributed by atoms with Crippen LogP contribution in [-0.4, -0.2) is 47.0 Å². The Balaban J connectivity index is 1.47. The highest BCUT2D eigenvalue weighted by molar-refractivity contribution is 7.10. The number of hydrogen-bond donors (Lipinski definition) is 0. The molecular weight excluding hydrogens is 286 g/mol. The van der Waals surface area contributed by atoms with Crippen molar-refractivity contribution in [3.05, 3.63) is 39.9 Å². The Morgan fingerprint density at radius 2 is 2.19 bits per heavy atom. The quantitative estimate of drug-likeness (QED) is 0.866. The summed E-state index contributed by atoms with van der Waals surface area (Å²) < 4.78 is 5.08. The fraction of sp³-hybridized carbons (Fsp3) is 0.467. The Morgan fingerprint density at radius 3 is 2.81 bits per heavy atom. The number of piperazine rings is 1. The minimum absolute atomic E-state index is 0.231. The second-order valence-electron chi connectivity index (χ2n) is 5.34. The lowest BCUT2D eigenvalue weighted by Crippen LogP contribution is -2.48. The Morgan fingerprint density at radius 1 is 1.38 bits per heavy atom. The van der Waals surface area contributed by atoms with Crippen molar-refractivity contribution in [1.82, 2.24) is 15.0 Å². The van der Waals surface area contributed by atoms with Gasteiger partial charge in [-0.1, -0.05) is 11.2 Å². The van der Waals surface area contributed by atoms with E-state index in [1.807, 2.05) is 35.4 Å². The highest BCUT2D eigenvalue weighted by Gasteiger charge is 2.22. The molecule has 0 aliphatic carbocycles. The summed E-state index contributed by atoms with van der Waals surface area (Å²) in [5.74, 6) is 1.07. The Hall–Kier alpha value is -1.66. The molecular formula is C15H19N3O2S. The minimum atomic E-state index is 0.231. The molecule has 0 N–H and O–H groups in total. The monoisotopic (exact) mass is 305 g/mol. The molecule has 3 rings (SSSR count). The predicted molar refractivity (Wildman–Crippen MR) is 81.1 cm³/mol. The average molecular weight is 305 g/mol. The van der Waals surface area contributed by atoms with E-state index in [2.05, 4.69) is 10.1 Å². The standard InChI is InChI=1S/C15H19N3O2S/c1-12-9-13(16-20-12)11-17-4-6-18(7-5-17)15(19)10-14-3-2-8-21-14/h2-3,8-9H,4-7,10-11H2,1H3. The number of carbonyl (C=O) groups excluding carboxylic acids is 1. The van der Waals surface area contributed by atoms with Gasteiger partial charge in [-0.3, -0.25) is 9.69 Å². The van der Waals surface area contributed by atoms with Crippen LogP contribution in [0.2, 0.25) is 0 Å². The first kappa shape index (κ1) is 14.3. The fourth-order valence-electron chi connectivity index (χ4n) is 2.55. The van der Waals surface area contributed by atoms with Gasteiger partial charge >= 0.3 is 0 Å². The van der Waals surface area contributed by atoms with Crippen LogP contribution in [0.3, 0.4) is 0 Å². The van der Waals surface area contributed by atoms with E-state index in [0.29, 0.717) is 6.42 Å². The maximum Gasteiger partial charge on any atom is 0.227 e. The van der Waals surface area contributed by atoms with E-state index in [1.165, 1.54) is 0 Å². The molecule has 0 bridgehead atoms. The fourth-order valence-corrected chi connectivity index (χ4v) is 3.25. The molecule has 2 aromatic heterocycles. The van der Waals surface area contributed by atoms with E-state index < -0.39 is 0 Å². The molecule has 1 aliphatic heterocycles. The molecule has 0 atom stereocenters. The molecule has 6 heteroatoms. The third-order valence-electron chi connectivity index (χ3n) is 3.69. The van der Waals surface area contributed by atoms with Crippen molar-refractivity contribution in [2.45, 2.75) is 19.9 Å². The van der Waals surface area contributed by atoms with Gasteiger partial charge in [0.25, 0.3) is 0 Å². The van der Waals surface area contributed by atoms with Gasteiger partial charge in [-0.15, -0.1) is 11.3 Å². The summed E-state index contributed by atoms with van der Waals surface area (Å²) in [5, 5.41) is 6.03. The molecule has 1 saturated heterocycles. The van der Waals surface area contributed by atoms with Crippen molar-refractivity contribution >= 4 is 17.2 Å². The molecule has 1 amide bonds. The molecule has 1 fully saturated rings. The van der Waals surface area contributed by atoms with Gasteiger partial charge in [-0.2, -0.15) is 0 Å². The highest BCUT2D eigenvalue weighted by atomic mass is 32.1. The lowest BCUT2D eigenvalue weighted by molar-refractivity contribution is -0.132. The van der Waals surface area contributed by atoms with Gasteiger partial charge in [0, 0.05) is 43.7 Å². The SMILES string of the molecule is Cc1cc(CN2CCN(C(=O)Cc3cccs3)CC2)no1. The zero-order valence-corrected chi connectivity index (χ0v) is 12.9. The zero-order valence-electron chi connectivity index (χ0n) is 12.1. The summed E-state index contributed by atoms with van der Waals surface area (Å²) in [6.07, 6.45) is 0.528. The number of hydrogen-bond acceptors (Lipinski definition) is 5. The van der Waals surface area contributed by atoms with E-state index in [-0.39, 0.29) is 5.91 Å². The summed E-state index contributed by atoms with van der Waals surface area (Å²) >= 11 is 1.64. The van der Waals surface area contributed by atoms with Gasteiger partial charge in [-0.05, 0) is 18.4 Å². The molecule has 1 aliphatic rings. The topological polar surface area (TPSA) is 49.6 Å². The third-order valence-corrected chi connectivity index (χ3v) is 4.57. The maximum absolute atomic E-state index is 12.2. The molecule has 0 spiro atoms. The lowest BCUT2D eigenvalue weighted by atomic mass is 10.2. The van der Waals surface area contributed by atoms with E-state index in [4.69, 9.17) is 4.52 Å². The molecule has 3 heterocycles. The van der Waals surface area contributed by atoms with Gasteiger partial charge in [0.05, 0.1) is 12.1 Å². The van der Waals surface area contributed by atoms with Gasteiger partial charge < -0.3 is 9.42 Å². The maximum atomic E-state index is 12.2. The van der Waals surface area contributed by atoms with Crippen LogP contribution in [0.5, 0.6) is 0 Å². The molecule has 0 aromatic carbocycles. The van der Waals surface area contributed by atoms with Gasteiger partial charge in [0.1, 0.15) is 5.76 Å². The Kier molecular flexibility index (Phi) is 4.36. The van der Waals surface area contributed by atoms with Crippen LogP contribution in [-0.2, 0) is 17.8 Å². The summed E-state index contributed by atoms with van der Waals surface area (Å²) in [7, 11) is 0. The van der Waals surface area contributed by atoms with Crippen molar-refractivity contribution in [2.24, 2.45) is 0 Å². The van der Waals surface area contributed by atoms with Crippen LogP contribution < -0.4 is 0 Å². The molecule has 2 aromatic rings. The van der Waals surface area contributed by atoms with Crippen LogP contribution in [0.1, 0.15) is 16.3 Å². The third kappa shape index (κ3) is 3.71. The first-order valence-corrected chi connectivity index (χ1v) is 8.03. The second-order valence-corrected chi connectivity index (χ2v) is 6.37. The normalized spacial score (nSPS) is 16.3. The number of aromatic nitrogens is 1. The van der Waals surface area contributed by atoms with Crippen molar-refractivity contribution in [3.63, 3.8) is 0 Å². The van der Waals surface area contributed by atoms with Crippen LogP contribution in [0, 0.1) is 6.92 Å². The molecule has 0 saturated carbocycles. The average Bonchev–Trinajstić information content (AvgIpc) is 3.12. The van der Waals surface area contributed by atoms with E-state index in [1.54, 1.807) is 11.3 Å². The minimum Gasteiger partial charge on any atom is -0.361 e. The van der Waals surface area contributed by atoms with Gasteiger partial charge in [-0.25, -0.2) is 0 Å². The smallest absolute Gasteiger partial charge is 0.227 e. The number of carbonyl (C=O) groups is 1. The summed E-state index contributed by atoms with van der Waals surface area (Å²) in [6.45, 7) is 6.06. The highest BCUT2D eigenvalue weighted by Crippen LogP contribution is 2.13. The lowest BCUT2D eigenvalue weighted by Gasteiger charge is -2.34. The number of aryl methyl sites for hydroxylation is 1. The van der Waals surface area contributed by atoms with Gasteiger partial charge in [0.2, 0.25) is 5.91 Å². The molecule has 0 unspecified atom stereocenters. The number of amides is 1. The van der Waals surface area contributed by atoms with Crippen LogP contribution in [0.15, 0.2) is 28.1 Å². The molecule has 0 radical (unpaired) electrons. The summed E-state index contributed by atoms with van der Waals surface area (Å²) in [5.41, 5.74) is 0.964. The molecule has 112 valence electrons. The number of nitrogens with zero attached hydrogens (tertiary/aromatic N) is 3. The van der Waals surface area contributed by atoms with Crippen LogP contribution in [0.25, 0.3) is 0 Å². The van der Waals surface area contributed by atoms with E-state index >= 15 is 0 Å². The van der Waals surface area contributed by atoms with E-state index in [9.17, 15) is 4.79 Å². The number of rotatable bonds is 4. The van der Waals surface area contributed by atoms with Crippen molar-refractivity contribution in [2.75, 3.05) is 26.2 Å². The Labute approximate surface area is 128 Å². The zero-order chi connectivity index (χ0) is 14.7. The molecule has 5 nitrogen and oxygen atoms in total. The van der Waals surface area contributed by atoms with E-state index in [0.717, 1.165) is 49.1 Å². The van der Waals surface area contributed by atoms with Crippen molar-refractivity contribution in [3.8, 4) is 0 Å². The molecule has 21 heavy (non-hydrogen) atoms. The summed E-state index contributed by atoms with van der Waals surface area (Å²) in [6, 6.07) is 5.98. The first-order chi connectivity index (χ1) is 10.2. The number of thiophene rings is 1. The Bertz CT molecular complexity index is 586. The van der Waals surface area contributed by atoms with Gasteiger partial charge in [0.15, 0.2) is 0 Å².